The van der Waals surface area contributed by atoms with Crippen LogP contribution in [0.15, 0.2) is 66.7 Å². The van der Waals surface area contributed by atoms with Gasteiger partial charge in [0.05, 0.1) is 17.7 Å². The fourth-order valence-corrected chi connectivity index (χ4v) is 3.67. The van der Waals surface area contributed by atoms with Gasteiger partial charge in [0, 0.05) is 24.3 Å². The Morgan fingerprint density at radius 3 is 2.48 bits per heavy atom. The smallest absolute Gasteiger partial charge is 0.312 e. The number of phenols is 1. The normalized spacial score (nSPS) is 15.5. The second-order valence-corrected chi connectivity index (χ2v) is 7.34. The van der Waals surface area contributed by atoms with Gasteiger partial charge in [-0.2, -0.15) is 0 Å². The molecule has 31 heavy (non-hydrogen) atoms. The van der Waals surface area contributed by atoms with Crippen LogP contribution in [0.5, 0.6) is 5.75 Å². The van der Waals surface area contributed by atoms with Crippen LogP contribution in [-0.2, 0) is 11.3 Å². The van der Waals surface area contributed by atoms with Crippen molar-refractivity contribution < 1.29 is 24.9 Å². The molecule has 0 amide bonds. The first-order valence-electron chi connectivity index (χ1n) is 10.1. The van der Waals surface area contributed by atoms with Gasteiger partial charge in [-0.1, -0.05) is 42.5 Å². The molecule has 0 spiro atoms. The van der Waals surface area contributed by atoms with Gasteiger partial charge >= 0.3 is 5.97 Å². The van der Waals surface area contributed by atoms with Gasteiger partial charge in [0.2, 0.25) is 5.78 Å². The van der Waals surface area contributed by atoms with E-state index in [0.717, 1.165) is 11.3 Å². The maximum Gasteiger partial charge on any atom is 0.312 e. The van der Waals surface area contributed by atoms with Gasteiger partial charge in [0.25, 0.3) is 0 Å². The van der Waals surface area contributed by atoms with Gasteiger partial charge < -0.3 is 25.2 Å². The molecule has 162 valence electrons. The predicted molar refractivity (Wildman–Crippen MR) is 116 cm³/mol. The topological polar surface area (TPSA) is 112 Å². The quantitative estimate of drug-likeness (QED) is 0.455. The van der Waals surface area contributed by atoms with Crippen LogP contribution in [0.25, 0.3) is 0 Å². The van der Waals surface area contributed by atoms with E-state index in [4.69, 9.17) is 10.2 Å². The van der Waals surface area contributed by atoms with E-state index in [1.807, 2.05) is 22.8 Å². The fourth-order valence-electron chi connectivity index (χ4n) is 3.67. The van der Waals surface area contributed by atoms with E-state index >= 15 is 0 Å². The molecule has 1 aliphatic heterocycles. The summed E-state index contributed by atoms with van der Waals surface area (Å²) in [6, 6.07) is 19.1. The van der Waals surface area contributed by atoms with Crippen LogP contribution in [0.1, 0.15) is 45.8 Å². The summed E-state index contributed by atoms with van der Waals surface area (Å²) in [7, 11) is 1.77. The second-order valence-electron chi connectivity index (χ2n) is 7.34. The molecular formula is C24H26N2O5. The number of hydrogen-bond donors (Lipinski definition) is 4. The molecule has 0 saturated carbocycles. The minimum atomic E-state index is -0.824. The third-order valence-corrected chi connectivity index (χ3v) is 5.23. The number of rotatable bonds is 6. The van der Waals surface area contributed by atoms with E-state index in [1.165, 1.54) is 0 Å². The van der Waals surface area contributed by atoms with Crippen LogP contribution in [0.3, 0.4) is 0 Å². The van der Waals surface area contributed by atoms with Gasteiger partial charge in [-0.25, -0.2) is 0 Å². The van der Waals surface area contributed by atoms with Crippen LogP contribution >= 0.6 is 0 Å². The molecule has 7 nitrogen and oxygen atoms in total. The van der Waals surface area contributed by atoms with Gasteiger partial charge in [0.1, 0.15) is 5.75 Å². The molecule has 0 fully saturated rings. The third-order valence-electron chi connectivity index (χ3n) is 5.23. The second kappa shape index (κ2) is 10.1. The summed E-state index contributed by atoms with van der Waals surface area (Å²) in [6.07, 6.45) is 0.00252. The number of nitrogens with one attached hydrogen (secondary N) is 1. The summed E-state index contributed by atoms with van der Waals surface area (Å²) >= 11 is 0. The van der Waals surface area contributed by atoms with E-state index in [2.05, 4.69) is 5.32 Å². The van der Waals surface area contributed by atoms with Gasteiger partial charge in [-0.3, -0.25) is 9.59 Å². The number of aliphatic hydroxyl groups is 1. The van der Waals surface area contributed by atoms with Crippen molar-refractivity contribution in [2.24, 2.45) is 0 Å². The number of aliphatic hydroxyl groups excluding tert-OH is 1. The predicted octanol–water partition coefficient (Wildman–Crippen LogP) is 2.94. The first-order chi connectivity index (χ1) is 14.9. The number of carbonyl (C=O) groups excluding carboxylic acids is 1. The highest BCUT2D eigenvalue weighted by Crippen LogP contribution is 2.31. The lowest BCUT2D eigenvalue weighted by atomic mass is 10.1. The number of benzene rings is 2. The average molecular weight is 422 g/mol. The lowest BCUT2D eigenvalue weighted by Crippen LogP contribution is -2.16. The molecule has 7 heteroatoms. The van der Waals surface area contributed by atoms with Gasteiger partial charge in [-0.15, -0.1) is 0 Å². The number of aromatic hydroxyl groups is 1. The van der Waals surface area contributed by atoms with Gasteiger partial charge in [0.15, 0.2) is 0 Å². The highest BCUT2D eigenvalue weighted by molar-refractivity contribution is 6.08. The molecule has 1 aromatic heterocycles. The Morgan fingerprint density at radius 1 is 1.10 bits per heavy atom. The van der Waals surface area contributed by atoms with Crippen molar-refractivity contribution >= 4 is 11.8 Å². The third kappa shape index (κ3) is 5.20. The number of phenolic OH excluding ortho intramolecular Hbond substituents is 1. The Morgan fingerprint density at radius 2 is 1.84 bits per heavy atom. The number of ketones is 1. The van der Waals surface area contributed by atoms with Crippen molar-refractivity contribution in [3.05, 3.63) is 89.2 Å². The van der Waals surface area contributed by atoms with E-state index in [0.29, 0.717) is 30.8 Å². The Hall–Kier alpha value is -3.42. The van der Waals surface area contributed by atoms with Crippen molar-refractivity contribution in [3.8, 4) is 5.75 Å². The summed E-state index contributed by atoms with van der Waals surface area (Å²) in [5.41, 5.74) is 2.66. The van der Waals surface area contributed by atoms with Gasteiger partial charge in [-0.05, 0) is 43.3 Å². The zero-order valence-electron chi connectivity index (χ0n) is 17.2. The Balaban J connectivity index is 0.000000196. The lowest BCUT2D eigenvalue weighted by molar-refractivity contribution is -0.138. The number of aromatic nitrogens is 1. The largest absolute Gasteiger partial charge is 0.508 e. The van der Waals surface area contributed by atoms with Crippen LogP contribution < -0.4 is 5.32 Å². The van der Waals surface area contributed by atoms with Crippen molar-refractivity contribution in [2.45, 2.75) is 25.0 Å². The molecule has 0 saturated heterocycles. The Labute approximate surface area is 180 Å². The van der Waals surface area contributed by atoms with Crippen molar-refractivity contribution in [2.75, 3.05) is 13.6 Å². The molecule has 4 N–H and O–H groups in total. The summed E-state index contributed by atoms with van der Waals surface area (Å²) in [5, 5.41) is 30.6. The number of carboxylic acids is 1. The highest BCUT2D eigenvalue weighted by Gasteiger charge is 2.31. The molecule has 0 bridgehead atoms. The molecule has 1 aliphatic rings. The SMILES string of the molecule is CNC[C@H](O)c1cccc(O)c1.O=C(c1ccccc1)c1ccc2n1CCC2C(=O)O. The molecule has 0 radical (unpaired) electrons. The van der Waals surface area contributed by atoms with E-state index in [9.17, 15) is 14.7 Å². The number of aliphatic carboxylic acids is 1. The highest BCUT2D eigenvalue weighted by atomic mass is 16.4. The first-order valence-corrected chi connectivity index (χ1v) is 10.1. The van der Waals surface area contributed by atoms with Crippen molar-refractivity contribution in [1.29, 1.82) is 0 Å². The molecule has 3 aromatic rings. The van der Waals surface area contributed by atoms with Crippen molar-refractivity contribution in [1.82, 2.24) is 9.88 Å². The zero-order valence-corrected chi connectivity index (χ0v) is 17.2. The molecule has 2 atom stereocenters. The molecule has 1 unspecified atom stereocenters. The van der Waals surface area contributed by atoms with E-state index < -0.39 is 18.0 Å². The summed E-state index contributed by atoms with van der Waals surface area (Å²) in [6.45, 7) is 1.08. The monoisotopic (exact) mass is 422 g/mol. The maximum absolute atomic E-state index is 12.4. The average Bonchev–Trinajstić information content (AvgIpc) is 3.37. The van der Waals surface area contributed by atoms with Crippen LogP contribution in [0.2, 0.25) is 0 Å². The molecule has 2 aromatic carbocycles. The molecule has 0 aliphatic carbocycles. The molecule has 4 rings (SSSR count). The standard InChI is InChI=1S/C15H13NO3.C9H13NO2/c17-14(10-4-2-1-3-5-10)13-7-6-12-11(15(18)19)8-9-16(12)13;1-10-6-9(12)7-3-2-4-8(11)5-7/h1-7,11H,8-9H2,(H,18,19);2-5,9-12H,6H2,1H3/t;9-/m.0/s1. The lowest BCUT2D eigenvalue weighted by Gasteiger charge is -2.09. The molecular weight excluding hydrogens is 396 g/mol. The first kappa shape index (κ1) is 22.3. The number of nitrogens with zero attached hydrogens (tertiary/aromatic N) is 1. The Kier molecular flexibility index (Phi) is 7.23. The summed E-state index contributed by atoms with van der Waals surface area (Å²) in [4.78, 5) is 23.5. The Bertz CT molecular complexity index is 1050. The van der Waals surface area contributed by atoms with Crippen LogP contribution in [0, 0.1) is 0 Å². The minimum Gasteiger partial charge on any atom is -0.508 e. The summed E-state index contributed by atoms with van der Waals surface area (Å²) in [5.74, 6) is -1.19. The van der Waals surface area contributed by atoms with E-state index in [-0.39, 0.29) is 11.5 Å². The maximum atomic E-state index is 12.4. The minimum absolute atomic E-state index is 0.0575. The molecule has 2 heterocycles. The number of carbonyl (C=O) groups is 2. The van der Waals surface area contributed by atoms with E-state index in [1.54, 1.807) is 55.6 Å². The number of likely N-dealkylation sites (N-methyl/N-ethyl adjacent to an activating group) is 1. The number of carboxylic acid groups (broad SMARTS) is 1. The van der Waals surface area contributed by atoms with Crippen LogP contribution in [-0.4, -0.2) is 45.2 Å². The van der Waals surface area contributed by atoms with Crippen molar-refractivity contribution in [3.63, 3.8) is 0 Å². The van der Waals surface area contributed by atoms with Crippen LogP contribution in [0.4, 0.5) is 0 Å². The number of hydrogen-bond acceptors (Lipinski definition) is 5. The number of fused-ring (bicyclic) bond motifs is 1. The zero-order chi connectivity index (χ0) is 22.4. The fraction of sp³-hybridized carbons (Fsp3) is 0.250. The summed E-state index contributed by atoms with van der Waals surface area (Å²) < 4.78 is 1.83.